The van der Waals surface area contributed by atoms with Crippen molar-refractivity contribution < 1.29 is 5.11 Å². The highest BCUT2D eigenvalue weighted by Crippen LogP contribution is 2.28. The minimum Gasteiger partial charge on any atom is -0.396 e. The lowest BCUT2D eigenvalue weighted by atomic mass is 9.79. The molecule has 0 amide bonds. The van der Waals surface area contributed by atoms with E-state index >= 15 is 0 Å². The van der Waals surface area contributed by atoms with Gasteiger partial charge in [-0.2, -0.15) is 0 Å². The molecule has 0 spiro atoms. The van der Waals surface area contributed by atoms with Crippen molar-refractivity contribution in [3.05, 3.63) is 0 Å². The van der Waals surface area contributed by atoms with Gasteiger partial charge in [0.25, 0.3) is 0 Å². The first-order valence-electron chi connectivity index (χ1n) is 7.70. The summed E-state index contributed by atoms with van der Waals surface area (Å²) in [6, 6.07) is 0. The zero-order valence-electron chi connectivity index (χ0n) is 11.6. The predicted octanol–water partition coefficient (Wildman–Crippen LogP) is 3.35. The summed E-state index contributed by atoms with van der Waals surface area (Å²) in [5, 5.41) is 12.9. The number of nitrogens with one attached hydrogen (secondary N) is 1. The van der Waals surface area contributed by atoms with E-state index in [1.807, 2.05) is 0 Å². The molecule has 0 aromatic heterocycles. The van der Waals surface area contributed by atoms with E-state index in [2.05, 4.69) is 12.2 Å². The number of hydrogen-bond donors (Lipinski definition) is 2. The van der Waals surface area contributed by atoms with Crippen molar-refractivity contribution in [3.63, 3.8) is 0 Å². The van der Waals surface area contributed by atoms with Crippen LogP contribution in [0.5, 0.6) is 0 Å². The SMILES string of the molecule is CCCCCCCNCC1CCCCC1CO. The van der Waals surface area contributed by atoms with Crippen LogP contribution in [0.1, 0.15) is 64.7 Å². The van der Waals surface area contributed by atoms with Crippen molar-refractivity contribution in [2.24, 2.45) is 11.8 Å². The number of rotatable bonds is 9. The maximum Gasteiger partial charge on any atom is 0.0462 e. The number of aliphatic hydroxyl groups is 1. The van der Waals surface area contributed by atoms with E-state index in [0.717, 1.165) is 12.5 Å². The highest BCUT2D eigenvalue weighted by molar-refractivity contribution is 4.76. The number of hydrogen-bond acceptors (Lipinski definition) is 2. The van der Waals surface area contributed by atoms with Gasteiger partial charge in [-0.05, 0) is 44.2 Å². The molecular weight excluding hydrogens is 210 g/mol. The van der Waals surface area contributed by atoms with Gasteiger partial charge in [0.2, 0.25) is 0 Å². The average Bonchev–Trinajstić information content (AvgIpc) is 2.38. The Hall–Kier alpha value is -0.0800. The van der Waals surface area contributed by atoms with E-state index in [-0.39, 0.29) is 0 Å². The molecule has 1 aliphatic rings. The Balaban J connectivity index is 1.97. The van der Waals surface area contributed by atoms with Crippen molar-refractivity contribution in [2.75, 3.05) is 19.7 Å². The van der Waals surface area contributed by atoms with E-state index < -0.39 is 0 Å². The van der Waals surface area contributed by atoms with Crippen LogP contribution in [0, 0.1) is 11.8 Å². The molecule has 1 aliphatic carbocycles. The Labute approximate surface area is 107 Å². The van der Waals surface area contributed by atoms with E-state index in [9.17, 15) is 5.11 Å². The van der Waals surface area contributed by atoms with E-state index in [1.54, 1.807) is 0 Å². The molecule has 2 atom stereocenters. The predicted molar refractivity (Wildman–Crippen MR) is 74.2 cm³/mol. The van der Waals surface area contributed by atoms with Crippen molar-refractivity contribution >= 4 is 0 Å². The molecule has 0 aliphatic heterocycles. The van der Waals surface area contributed by atoms with Gasteiger partial charge in [0.1, 0.15) is 0 Å². The largest absolute Gasteiger partial charge is 0.396 e. The molecule has 0 saturated heterocycles. The van der Waals surface area contributed by atoms with Crippen LogP contribution in [0.3, 0.4) is 0 Å². The fraction of sp³-hybridized carbons (Fsp3) is 1.00. The number of aliphatic hydroxyl groups excluding tert-OH is 1. The summed E-state index contributed by atoms with van der Waals surface area (Å²) >= 11 is 0. The molecule has 0 heterocycles. The Kier molecular flexibility index (Phi) is 8.72. The molecule has 0 bridgehead atoms. The molecule has 17 heavy (non-hydrogen) atoms. The van der Waals surface area contributed by atoms with Crippen molar-refractivity contribution in [3.8, 4) is 0 Å². The van der Waals surface area contributed by atoms with Crippen molar-refractivity contribution in [1.29, 1.82) is 0 Å². The summed E-state index contributed by atoms with van der Waals surface area (Å²) < 4.78 is 0. The van der Waals surface area contributed by atoms with Crippen LogP contribution < -0.4 is 5.32 Å². The standard InChI is InChI=1S/C15H31NO/c1-2-3-4-5-8-11-16-12-14-9-6-7-10-15(14)13-17/h14-17H,2-13H2,1H3. The first-order valence-corrected chi connectivity index (χ1v) is 7.70. The summed E-state index contributed by atoms with van der Waals surface area (Å²) in [7, 11) is 0. The summed E-state index contributed by atoms with van der Waals surface area (Å²) in [5.74, 6) is 1.29. The van der Waals surface area contributed by atoms with Crippen molar-refractivity contribution in [1.82, 2.24) is 5.32 Å². The minimum absolute atomic E-state index is 0.392. The van der Waals surface area contributed by atoms with Gasteiger partial charge in [-0.3, -0.25) is 0 Å². The third-order valence-corrected chi connectivity index (χ3v) is 4.16. The first-order chi connectivity index (χ1) is 8.38. The molecule has 2 unspecified atom stereocenters. The second-order valence-electron chi connectivity index (χ2n) is 5.61. The van der Waals surface area contributed by atoms with Crippen LogP contribution in [0.4, 0.5) is 0 Å². The highest BCUT2D eigenvalue weighted by Gasteiger charge is 2.23. The summed E-state index contributed by atoms with van der Waals surface area (Å²) in [6.07, 6.45) is 12.0. The minimum atomic E-state index is 0.392. The summed E-state index contributed by atoms with van der Waals surface area (Å²) in [6.45, 7) is 4.94. The molecule has 102 valence electrons. The van der Waals surface area contributed by atoms with Crippen molar-refractivity contribution in [2.45, 2.75) is 64.7 Å². The van der Waals surface area contributed by atoms with Gasteiger partial charge in [-0.15, -0.1) is 0 Å². The fourth-order valence-corrected chi connectivity index (χ4v) is 2.93. The lowest BCUT2D eigenvalue weighted by Gasteiger charge is -2.30. The topological polar surface area (TPSA) is 32.3 Å². The Morgan fingerprint density at radius 2 is 1.71 bits per heavy atom. The first kappa shape index (κ1) is 15.0. The summed E-state index contributed by atoms with van der Waals surface area (Å²) in [4.78, 5) is 0. The maximum absolute atomic E-state index is 9.33. The monoisotopic (exact) mass is 241 g/mol. The summed E-state index contributed by atoms with van der Waals surface area (Å²) in [5.41, 5.74) is 0. The van der Waals surface area contributed by atoms with Crippen LogP contribution in [0.2, 0.25) is 0 Å². The van der Waals surface area contributed by atoms with Crippen LogP contribution >= 0.6 is 0 Å². The third kappa shape index (κ3) is 6.42. The van der Waals surface area contributed by atoms with Gasteiger partial charge >= 0.3 is 0 Å². The van der Waals surface area contributed by atoms with Gasteiger partial charge in [0.05, 0.1) is 0 Å². The lowest BCUT2D eigenvalue weighted by molar-refractivity contribution is 0.133. The molecule has 1 fully saturated rings. The average molecular weight is 241 g/mol. The highest BCUT2D eigenvalue weighted by atomic mass is 16.3. The van der Waals surface area contributed by atoms with Gasteiger partial charge in [0, 0.05) is 6.61 Å². The van der Waals surface area contributed by atoms with Gasteiger partial charge in [-0.1, -0.05) is 45.4 Å². The van der Waals surface area contributed by atoms with E-state index in [1.165, 1.54) is 64.3 Å². The smallest absolute Gasteiger partial charge is 0.0462 e. The molecule has 0 aromatic rings. The van der Waals surface area contributed by atoms with Crippen LogP contribution in [-0.4, -0.2) is 24.8 Å². The zero-order valence-corrected chi connectivity index (χ0v) is 11.6. The molecule has 0 aromatic carbocycles. The Bertz CT molecular complexity index is 172. The molecular formula is C15H31NO. The number of unbranched alkanes of at least 4 members (excludes halogenated alkanes) is 4. The molecule has 2 nitrogen and oxygen atoms in total. The molecule has 1 saturated carbocycles. The third-order valence-electron chi connectivity index (χ3n) is 4.16. The van der Waals surface area contributed by atoms with Gasteiger partial charge in [-0.25, -0.2) is 0 Å². The van der Waals surface area contributed by atoms with Crippen LogP contribution in [-0.2, 0) is 0 Å². The van der Waals surface area contributed by atoms with Crippen LogP contribution in [0.25, 0.3) is 0 Å². The molecule has 2 heteroatoms. The lowest BCUT2D eigenvalue weighted by Crippen LogP contribution is -2.32. The Morgan fingerprint density at radius 3 is 2.41 bits per heavy atom. The normalized spacial score (nSPS) is 25.1. The van der Waals surface area contributed by atoms with Gasteiger partial charge in [0.15, 0.2) is 0 Å². The second-order valence-corrected chi connectivity index (χ2v) is 5.61. The molecule has 0 radical (unpaired) electrons. The zero-order chi connectivity index (χ0) is 12.3. The van der Waals surface area contributed by atoms with Crippen LogP contribution in [0.15, 0.2) is 0 Å². The van der Waals surface area contributed by atoms with Gasteiger partial charge < -0.3 is 10.4 Å². The fourth-order valence-electron chi connectivity index (χ4n) is 2.93. The maximum atomic E-state index is 9.33. The quantitative estimate of drug-likeness (QED) is 0.607. The van der Waals surface area contributed by atoms with E-state index in [4.69, 9.17) is 0 Å². The second kappa shape index (κ2) is 9.90. The molecule has 2 N–H and O–H groups in total. The molecule has 1 rings (SSSR count). The van der Waals surface area contributed by atoms with E-state index in [0.29, 0.717) is 12.5 Å². The Morgan fingerprint density at radius 1 is 1.00 bits per heavy atom.